The first kappa shape index (κ1) is 15.2. The smallest absolute Gasteiger partial charge is 0.263 e. The first-order valence-corrected chi connectivity index (χ1v) is 6.65. The highest BCUT2D eigenvalue weighted by Gasteiger charge is 2.11. The number of nitrogens with zero attached hydrogens (tertiary/aromatic N) is 2. The first-order chi connectivity index (χ1) is 9.06. The summed E-state index contributed by atoms with van der Waals surface area (Å²) in [7, 11) is 0. The maximum absolute atomic E-state index is 11.8. The topological polar surface area (TPSA) is 77.8 Å². The van der Waals surface area contributed by atoms with Gasteiger partial charge in [-0.1, -0.05) is 22.9 Å². The van der Waals surface area contributed by atoms with Crippen LogP contribution in [0.25, 0.3) is 0 Å². The summed E-state index contributed by atoms with van der Waals surface area (Å²) in [5.41, 5.74) is 0.0158. The number of carbonyl (C=O) groups is 1. The molecular formula is C13H15BrN4O. The van der Waals surface area contributed by atoms with Crippen LogP contribution in [-0.4, -0.2) is 16.9 Å². The Morgan fingerprint density at radius 2 is 2.42 bits per heavy atom. The van der Waals surface area contributed by atoms with E-state index in [1.807, 2.05) is 19.9 Å². The van der Waals surface area contributed by atoms with Gasteiger partial charge < -0.3 is 10.6 Å². The lowest BCUT2D eigenvalue weighted by Crippen LogP contribution is -2.33. The van der Waals surface area contributed by atoms with Crippen LogP contribution < -0.4 is 10.6 Å². The molecule has 0 spiro atoms. The molecule has 1 amide bonds. The van der Waals surface area contributed by atoms with Crippen molar-refractivity contribution in [3.8, 4) is 6.07 Å². The summed E-state index contributed by atoms with van der Waals surface area (Å²) in [6.45, 7) is 3.85. The van der Waals surface area contributed by atoms with Crippen LogP contribution in [0.1, 0.15) is 20.3 Å². The Bertz CT molecular complexity index is 522. The number of anilines is 1. The van der Waals surface area contributed by atoms with Crippen LogP contribution in [0, 0.1) is 11.3 Å². The van der Waals surface area contributed by atoms with Gasteiger partial charge in [-0.15, -0.1) is 0 Å². The van der Waals surface area contributed by atoms with Crippen LogP contribution in [0.3, 0.4) is 0 Å². The van der Waals surface area contributed by atoms with Gasteiger partial charge in [0, 0.05) is 22.9 Å². The molecule has 0 aliphatic heterocycles. The van der Waals surface area contributed by atoms with Crippen molar-refractivity contribution < 1.29 is 4.79 Å². The monoisotopic (exact) mass is 322 g/mol. The third kappa shape index (κ3) is 5.10. The third-order valence-electron chi connectivity index (χ3n) is 2.44. The highest BCUT2D eigenvalue weighted by molar-refractivity contribution is 9.10. The van der Waals surface area contributed by atoms with Gasteiger partial charge in [0.05, 0.1) is 0 Å². The zero-order valence-corrected chi connectivity index (χ0v) is 12.4. The SMILES string of the molecule is CCC(C)NC(=O)/C(C#N)=C\Nc1cc(Br)ccn1. The standard InChI is InChI=1S/C13H15BrN4O/c1-3-9(2)18-13(19)10(7-15)8-17-12-6-11(14)4-5-16-12/h4-6,8-9H,3H2,1-2H3,(H,16,17)(H,18,19)/b10-8-. The Labute approximate surface area is 120 Å². The van der Waals surface area contributed by atoms with E-state index in [0.717, 1.165) is 10.9 Å². The Balaban J connectivity index is 2.72. The Morgan fingerprint density at radius 3 is 3.00 bits per heavy atom. The minimum atomic E-state index is -0.389. The summed E-state index contributed by atoms with van der Waals surface area (Å²) in [6, 6.07) is 5.43. The summed E-state index contributed by atoms with van der Waals surface area (Å²) < 4.78 is 0.862. The highest BCUT2D eigenvalue weighted by atomic mass is 79.9. The number of pyridine rings is 1. The van der Waals surface area contributed by atoms with E-state index in [1.54, 1.807) is 18.3 Å². The maximum atomic E-state index is 11.8. The van der Waals surface area contributed by atoms with Gasteiger partial charge in [-0.25, -0.2) is 4.98 Å². The van der Waals surface area contributed by atoms with Gasteiger partial charge in [-0.05, 0) is 25.5 Å². The van der Waals surface area contributed by atoms with Gasteiger partial charge >= 0.3 is 0 Å². The van der Waals surface area contributed by atoms with E-state index in [-0.39, 0.29) is 17.5 Å². The second kappa shape index (κ2) is 7.54. The lowest BCUT2D eigenvalue weighted by atomic mass is 10.2. The molecule has 1 atom stereocenters. The van der Waals surface area contributed by atoms with Crippen LogP contribution in [0.5, 0.6) is 0 Å². The van der Waals surface area contributed by atoms with Crippen molar-refractivity contribution in [2.24, 2.45) is 0 Å². The number of hydrogen-bond donors (Lipinski definition) is 2. The minimum absolute atomic E-state index is 0.0158. The molecule has 0 aliphatic rings. The molecule has 0 bridgehead atoms. The molecule has 1 heterocycles. The molecule has 1 rings (SSSR count). The predicted octanol–water partition coefficient (Wildman–Crippen LogP) is 2.58. The lowest BCUT2D eigenvalue weighted by molar-refractivity contribution is -0.117. The number of carbonyl (C=O) groups excluding carboxylic acids is 1. The number of hydrogen-bond acceptors (Lipinski definition) is 4. The number of nitriles is 1. The molecule has 0 aromatic carbocycles. The summed E-state index contributed by atoms with van der Waals surface area (Å²) in [5, 5.41) is 14.5. The van der Waals surface area contributed by atoms with Crippen LogP contribution in [0.15, 0.2) is 34.6 Å². The largest absolute Gasteiger partial charge is 0.349 e. The van der Waals surface area contributed by atoms with Crippen molar-refractivity contribution in [1.82, 2.24) is 10.3 Å². The van der Waals surface area contributed by atoms with Crippen molar-refractivity contribution in [2.45, 2.75) is 26.3 Å². The number of halogens is 1. The zero-order chi connectivity index (χ0) is 14.3. The molecular weight excluding hydrogens is 308 g/mol. The molecule has 0 radical (unpaired) electrons. The fourth-order valence-corrected chi connectivity index (χ4v) is 1.52. The lowest BCUT2D eigenvalue weighted by Gasteiger charge is -2.10. The van der Waals surface area contributed by atoms with E-state index in [9.17, 15) is 4.79 Å². The van der Waals surface area contributed by atoms with Crippen molar-refractivity contribution in [1.29, 1.82) is 5.26 Å². The van der Waals surface area contributed by atoms with Gasteiger partial charge in [0.2, 0.25) is 0 Å². The summed E-state index contributed by atoms with van der Waals surface area (Å²) in [5.74, 6) is 0.165. The first-order valence-electron chi connectivity index (χ1n) is 5.86. The zero-order valence-electron chi connectivity index (χ0n) is 10.8. The second-order valence-electron chi connectivity index (χ2n) is 3.96. The molecule has 100 valence electrons. The van der Waals surface area contributed by atoms with Gasteiger partial charge in [0.15, 0.2) is 0 Å². The van der Waals surface area contributed by atoms with Crippen LogP contribution in [0.4, 0.5) is 5.82 Å². The Hall–Kier alpha value is -1.87. The molecule has 1 unspecified atom stereocenters. The van der Waals surface area contributed by atoms with Crippen molar-refractivity contribution in [3.05, 3.63) is 34.6 Å². The summed E-state index contributed by atoms with van der Waals surface area (Å²) in [6.07, 6.45) is 3.78. The molecule has 6 heteroatoms. The van der Waals surface area contributed by atoms with Crippen LogP contribution in [-0.2, 0) is 4.79 Å². The summed E-state index contributed by atoms with van der Waals surface area (Å²) >= 11 is 3.31. The van der Waals surface area contributed by atoms with Gasteiger partial charge in [-0.2, -0.15) is 5.26 Å². The van der Waals surface area contributed by atoms with E-state index in [2.05, 4.69) is 31.5 Å². The van der Waals surface area contributed by atoms with Gasteiger partial charge in [0.1, 0.15) is 17.5 Å². The summed E-state index contributed by atoms with van der Waals surface area (Å²) in [4.78, 5) is 15.8. The average molecular weight is 323 g/mol. The normalized spacial score (nSPS) is 12.4. The predicted molar refractivity (Wildman–Crippen MR) is 77.2 cm³/mol. The van der Waals surface area contributed by atoms with Gasteiger partial charge in [0.25, 0.3) is 5.91 Å². The Kier molecular flexibility index (Phi) is 6.03. The number of aromatic nitrogens is 1. The maximum Gasteiger partial charge on any atom is 0.263 e. The number of nitrogens with one attached hydrogen (secondary N) is 2. The van der Waals surface area contributed by atoms with Crippen LogP contribution >= 0.6 is 15.9 Å². The van der Waals surface area contributed by atoms with E-state index in [1.165, 1.54) is 6.20 Å². The number of amides is 1. The van der Waals surface area contributed by atoms with E-state index in [4.69, 9.17) is 5.26 Å². The molecule has 0 saturated carbocycles. The quantitative estimate of drug-likeness (QED) is 0.645. The molecule has 0 fully saturated rings. The molecule has 0 aliphatic carbocycles. The van der Waals surface area contributed by atoms with Crippen molar-refractivity contribution in [2.75, 3.05) is 5.32 Å². The highest BCUT2D eigenvalue weighted by Crippen LogP contribution is 2.12. The molecule has 2 N–H and O–H groups in total. The molecule has 5 nitrogen and oxygen atoms in total. The third-order valence-corrected chi connectivity index (χ3v) is 2.93. The average Bonchev–Trinajstić information content (AvgIpc) is 2.39. The molecule has 1 aromatic heterocycles. The minimum Gasteiger partial charge on any atom is -0.349 e. The van der Waals surface area contributed by atoms with Crippen LogP contribution in [0.2, 0.25) is 0 Å². The van der Waals surface area contributed by atoms with Crippen molar-refractivity contribution >= 4 is 27.7 Å². The molecule has 1 aromatic rings. The molecule has 0 saturated heterocycles. The van der Waals surface area contributed by atoms with Gasteiger partial charge in [-0.3, -0.25) is 4.79 Å². The van der Waals surface area contributed by atoms with E-state index >= 15 is 0 Å². The van der Waals surface area contributed by atoms with Crippen molar-refractivity contribution in [3.63, 3.8) is 0 Å². The second-order valence-corrected chi connectivity index (χ2v) is 4.87. The fourth-order valence-electron chi connectivity index (χ4n) is 1.18. The Morgan fingerprint density at radius 1 is 1.68 bits per heavy atom. The fraction of sp³-hybridized carbons (Fsp3) is 0.308. The molecule has 19 heavy (non-hydrogen) atoms. The number of rotatable bonds is 5. The van der Waals surface area contributed by atoms with E-state index in [0.29, 0.717) is 5.82 Å². The van der Waals surface area contributed by atoms with E-state index < -0.39 is 0 Å².